The molecule has 1 aromatic carbocycles. The molecule has 0 amide bonds. The second kappa shape index (κ2) is 5.29. The third-order valence-electron chi connectivity index (χ3n) is 3.40. The fourth-order valence-electron chi connectivity index (χ4n) is 2.47. The number of rotatable bonds is 4. The first kappa shape index (κ1) is 13.2. The second-order valence-corrected chi connectivity index (χ2v) is 5.45. The van der Waals surface area contributed by atoms with Crippen molar-refractivity contribution in [3.05, 3.63) is 47.5 Å². The third kappa shape index (κ3) is 2.43. The van der Waals surface area contributed by atoms with Crippen molar-refractivity contribution in [1.82, 2.24) is 19.3 Å². The van der Waals surface area contributed by atoms with Crippen molar-refractivity contribution in [1.29, 1.82) is 0 Å². The Bertz CT molecular complexity index is 741. The SMILES string of the molecule is Cc1ccc2nc(CCCl)n(Cc3cnn(C)c3)c2c1. The highest BCUT2D eigenvalue weighted by atomic mass is 35.5. The van der Waals surface area contributed by atoms with Crippen LogP contribution in [0.3, 0.4) is 0 Å². The molecule has 0 fully saturated rings. The lowest BCUT2D eigenvalue weighted by Gasteiger charge is -2.07. The maximum atomic E-state index is 5.90. The van der Waals surface area contributed by atoms with Crippen molar-refractivity contribution in [2.45, 2.75) is 19.9 Å². The largest absolute Gasteiger partial charge is 0.323 e. The minimum atomic E-state index is 0.579. The van der Waals surface area contributed by atoms with E-state index in [4.69, 9.17) is 16.6 Å². The average Bonchev–Trinajstić information content (AvgIpc) is 2.96. The van der Waals surface area contributed by atoms with Gasteiger partial charge in [-0.2, -0.15) is 5.10 Å². The molecule has 0 N–H and O–H groups in total. The van der Waals surface area contributed by atoms with Crippen LogP contribution in [0.1, 0.15) is 17.0 Å². The van der Waals surface area contributed by atoms with Gasteiger partial charge in [0.15, 0.2) is 0 Å². The topological polar surface area (TPSA) is 35.6 Å². The molecule has 3 aromatic rings. The number of hydrogen-bond donors (Lipinski definition) is 0. The summed E-state index contributed by atoms with van der Waals surface area (Å²) in [7, 11) is 1.93. The summed E-state index contributed by atoms with van der Waals surface area (Å²) in [6.45, 7) is 2.88. The molecule has 104 valence electrons. The fourth-order valence-corrected chi connectivity index (χ4v) is 2.64. The first-order valence-electron chi connectivity index (χ1n) is 6.66. The van der Waals surface area contributed by atoms with Crippen molar-refractivity contribution >= 4 is 22.6 Å². The zero-order chi connectivity index (χ0) is 14.1. The Hall–Kier alpha value is -1.81. The molecule has 0 aliphatic carbocycles. The van der Waals surface area contributed by atoms with Gasteiger partial charge in [-0.15, -0.1) is 11.6 Å². The Kier molecular flexibility index (Phi) is 3.49. The smallest absolute Gasteiger partial charge is 0.111 e. The monoisotopic (exact) mass is 288 g/mol. The molecule has 2 heterocycles. The molecule has 5 heteroatoms. The highest BCUT2D eigenvalue weighted by Crippen LogP contribution is 2.20. The maximum absolute atomic E-state index is 5.90. The van der Waals surface area contributed by atoms with Gasteiger partial charge in [0, 0.05) is 31.1 Å². The molecule has 0 spiro atoms. The molecule has 3 rings (SSSR count). The van der Waals surface area contributed by atoms with Gasteiger partial charge < -0.3 is 4.57 Å². The zero-order valence-corrected chi connectivity index (χ0v) is 12.4. The summed E-state index contributed by atoms with van der Waals surface area (Å²) in [6, 6.07) is 6.34. The Morgan fingerprint density at radius 1 is 1.30 bits per heavy atom. The van der Waals surface area contributed by atoms with E-state index in [2.05, 4.69) is 34.8 Å². The van der Waals surface area contributed by atoms with Crippen LogP contribution in [0.25, 0.3) is 11.0 Å². The van der Waals surface area contributed by atoms with Crippen molar-refractivity contribution < 1.29 is 0 Å². The maximum Gasteiger partial charge on any atom is 0.111 e. The fraction of sp³-hybridized carbons (Fsp3) is 0.333. The Morgan fingerprint density at radius 3 is 2.85 bits per heavy atom. The van der Waals surface area contributed by atoms with E-state index in [1.54, 1.807) is 0 Å². The summed E-state index contributed by atoms with van der Waals surface area (Å²) in [4.78, 5) is 4.70. The molecule has 4 nitrogen and oxygen atoms in total. The normalized spacial score (nSPS) is 11.3. The van der Waals surface area contributed by atoms with E-state index in [0.29, 0.717) is 5.88 Å². The van der Waals surface area contributed by atoms with Gasteiger partial charge in [0.1, 0.15) is 5.82 Å². The van der Waals surface area contributed by atoms with Crippen LogP contribution < -0.4 is 0 Å². The predicted molar refractivity (Wildman–Crippen MR) is 81.2 cm³/mol. The summed E-state index contributed by atoms with van der Waals surface area (Å²) in [5, 5.41) is 4.23. The number of hydrogen-bond acceptors (Lipinski definition) is 2. The van der Waals surface area contributed by atoms with E-state index < -0.39 is 0 Å². The van der Waals surface area contributed by atoms with E-state index in [1.165, 1.54) is 11.1 Å². The highest BCUT2D eigenvalue weighted by Gasteiger charge is 2.11. The Morgan fingerprint density at radius 2 is 2.15 bits per heavy atom. The van der Waals surface area contributed by atoms with E-state index in [1.807, 2.05) is 24.1 Å². The highest BCUT2D eigenvalue weighted by molar-refractivity contribution is 6.17. The van der Waals surface area contributed by atoms with Crippen LogP contribution in [-0.4, -0.2) is 25.2 Å². The Labute approximate surface area is 123 Å². The van der Waals surface area contributed by atoms with Crippen LogP contribution >= 0.6 is 11.6 Å². The van der Waals surface area contributed by atoms with Gasteiger partial charge in [-0.25, -0.2) is 4.98 Å². The molecule has 0 bridgehead atoms. The number of aryl methyl sites for hydroxylation is 3. The van der Waals surface area contributed by atoms with Crippen molar-refractivity contribution in [2.75, 3.05) is 5.88 Å². The van der Waals surface area contributed by atoms with Gasteiger partial charge in [0.2, 0.25) is 0 Å². The number of aromatic nitrogens is 4. The van der Waals surface area contributed by atoms with Crippen LogP contribution in [0.15, 0.2) is 30.6 Å². The number of benzene rings is 1. The van der Waals surface area contributed by atoms with Gasteiger partial charge in [-0.3, -0.25) is 4.68 Å². The standard InChI is InChI=1S/C15H17ClN4/c1-11-3-4-13-14(7-11)20(15(18-13)5-6-16)10-12-8-17-19(2)9-12/h3-4,7-9H,5-6,10H2,1-2H3. The summed E-state index contributed by atoms with van der Waals surface area (Å²) < 4.78 is 4.06. The van der Waals surface area contributed by atoms with Gasteiger partial charge >= 0.3 is 0 Å². The number of alkyl halides is 1. The molecular weight excluding hydrogens is 272 g/mol. The van der Waals surface area contributed by atoms with Gasteiger partial charge in [-0.1, -0.05) is 6.07 Å². The lowest BCUT2D eigenvalue weighted by atomic mass is 10.2. The molecule has 0 unspecified atom stereocenters. The molecule has 0 atom stereocenters. The minimum absolute atomic E-state index is 0.579. The summed E-state index contributed by atoms with van der Waals surface area (Å²) in [5.41, 5.74) is 4.60. The quantitative estimate of drug-likeness (QED) is 0.692. The molecular formula is C15H17ClN4. The van der Waals surface area contributed by atoms with Crippen molar-refractivity contribution in [3.63, 3.8) is 0 Å². The molecule has 20 heavy (non-hydrogen) atoms. The molecule has 0 aliphatic heterocycles. The van der Waals surface area contributed by atoms with E-state index in [9.17, 15) is 0 Å². The number of imidazole rings is 1. The summed E-state index contributed by atoms with van der Waals surface area (Å²) in [5.74, 6) is 1.61. The van der Waals surface area contributed by atoms with E-state index >= 15 is 0 Å². The van der Waals surface area contributed by atoms with Gasteiger partial charge in [-0.05, 0) is 24.6 Å². The molecule has 0 aliphatic rings. The van der Waals surface area contributed by atoms with E-state index in [-0.39, 0.29) is 0 Å². The zero-order valence-electron chi connectivity index (χ0n) is 11.7. The van der Waals surface area contributed by atoms with E-state index in [0.717, 1.165) is 29.8 Å². The molecule has 2 aromatic heterocycles. The predicted octanol–water partition coefficient (Wildman–Crippen LogP) is 2.91. The molecule has 0 radical (unpaired) electrons. The minimum Gasteiger partial charge on any atom is -0.323 e. The second-order valence-electron chi connectivity index (χ2n) is 5.07. The van der Waals surface area contributed by atoms with Gasteiger partial charge in [0.25, 0.3) is 0 Å². The average molecular weight is 289 g/mol. The van der Waals surface area contributed by atoms with Crippen LogP contribution in [-0.2, 0) is 20.0 Å². The molecule has 0 saturated carbocycles. The summed E-state index contributed by atoms with van der Waals surface area (Å²) in [6.07, 6.45) is 4.70. The third-order valence-corrected chi connectivity index (χ3v) is 3.59. The first-order chi connectivity index (χ1) is 9.67. The van der Waals surface area contributed by atoms with Crippen molar-refractivity contribution in [2.24, 2.45) is 7.05 Å². The van der Waals surface area contributed by atoms with Crippen LogP contribution in [0.4, 0.5) is 0 Å². The lowest BCUT2D eigenvalue weighted by molar-refractivity contribution is 0.747. The summed E-state index contributed by atoms with van der Waals surface area (Å²) >= 11 is 5.90. The van der Waals surface area contributed by atoms with Crippen LogP contribution in [0.5, 0.6) is 0 Å². The number of halogens is 1. The van der Waals surface area contributed by atoms with Crippen molar-refractivity contribution in [3.8, 4) is 0 Å². The lowest BCUT2D eigenvalue weighted by Crippen LogP contribution is -2.05. The first-order valence-corrected chi connectivity index (χ1v) is 7.20. The Balaban J connectivity index is 2.09. The van der Waals surface area contributed by atoms with Gasteiger partial charge in [0.05, 0.1) is 23.8 Å². The van der Waals surface area contributed by atoms with Crippen LogP contribution in [0, 0.1) is 6.92 Å². The number of nitrogens with zero attached hydrogens (tertiary/aromatic N) is 4. The molecule has 0 saturated heterocycles. The number of fused-ring (bicyclic) bond motifs is 1. The van der Waals surface area contributed by atoms with Crippen LogP contribution in [0.2, 0.25) is 0 Å².